The number of pyridine rings is 1. The van der Waals surface area contributed by atoms with Crippen molar-refractivity contribution < 1.29 is 0 Å². The monoisotopic (exact) mass is 270 g/mol. The van der Waals surface area contributed by atoms with Crippen LogP contribution < -0.4 is 5.73 Å². The second-order valence-corrected chi connectivity index (χ2v) is 5.37. The van der Waals surface area contributed by atoms with Gasteiger partial charge in [-0.05, 0) is 44.4 Å². The molecule has 0 amide bonds. The highest BCUT2D eigenvalue weighted by molar-refractivity contribution is 5.55. The number of hydrogen-bond donors (Lipinski definition) is 1. The van der Waals surface area contributed by atoms with Crippen LogP contribution in [0.15, 0.2) is 18.3 Å². The maximum Gasteiger partial charge on any atom is 0.178 e. The van der Waals surface area contributed by atoms with Crippen LogP contribution in [-0.4, -0.2) is 21.0 Å². The molecule has 0 aromatic carbocycles. The number of nitrogens with zero attached hydrogens (tertiary/aromatic N) is 3. The molecule has 1 unspecified atom stereocenters. The van der Waals surface area contributed by atoms with Gasteiger partial charge in [0.2, 0.25) is 0 Å². The van der Waals surface area contributed by atoms with Crippen molar-refractivity contribution in [2.75, 3.05) is 0 Å². The molecule has 0 spiro atoms. The summed E-state index contributed by atoms with van der Waals surface area (Å²) in [7, 11) is 0. The van der Waals surface area contributed by atoms with Crippen LogP contribution in [0, 0.1) is 20.8 Å². The smallest absolute Gasteiger partial charge is 0.178 e. The van der Waals surface area contributed by atoms with E-state index in [0.29, 0.717) is 5.82 Å². The van der Waals surface area contributed by atoms with E-state index >= 15 is 0 Å². The highest BCUT2D eigenvalue weighted by Crippen LogP contribution is 2.19. The fourth-order valence-electron chi connectivity index (χ4n) is 2.21. The molecule has 0 saturated carbocycles. The summed E-state index contributed by atoms with van der Waals surface area (Å²) in [5.41, 5.74) is 11.1. The SMILES string of the molecule is CCC(N)Cc1cc(C)nc(-c2ncc(C)cc2C)n1. The van der Waals surface area contributed by atoms with Crippen molar-refractivity contribution in [3.63, 3.8) is 0 Å². The van der Waals surface area contributed by atoms with Crippen molar-refractivity contribution in [1.82, 2.24) is 15.0 Å². The summed E-state index contributed by atoms with van der Waals surface area (Å²) < 4.78 is 0. The van der Waals surface area contributed by atoms with Crippen LogP contribution in [0.2, 0.25) is 0 Å². The third-order valence-electron chi connectivity index (χ3n) is 3.33. The van der Waals surface area contributed by atoms with Gasteiger partial charge in [0.25, 0.3) is 0 Å². The van der Waals surface area contributed by atoms with Crippen LogP contribution in [0.4, 0.5) is 0 Å². The first kappa shape index (κ1) is 14.6. The van der Waals surface area contributed by atoms with Gasteiger partial charge < -0.3 is 5.73 Å². The van der Waals surface area contributed by atoms with E-state index in [-0.39, 0.29) is 6.04 Å². The van der Waals surface area contributed by atoms with Crippen molar-refractivity contribution in [2.45, 2.75) is 46.6 Å². The van der Waals surface area contributed by atoms with Crippen molar-refractivity contribution in [3.05, 3.63) is 40.8 Å². The Kier molecular flexibility index (Phi) is 4.45. The fraction of sp³-hybridized carbons (Fsp3) is 0.438. The van der Waals surface area contributed by atoms with Gasteiger partial charge in [0.1, 0.15) is 5.69 Å². The second-order valence-electron chi connectivity index (χ2n) is 5.37. The first-order valence-corrected chi connectivity index (χ1v) is 7.03. The van der Waals surface area contributed by atoms with Gasteiger partial charge in [0.05, 0.1) is 0 Å². The molecule has 2 aromatic heterocycles. The summed E-state index contributed by atoms with van der Waals surface area (Å²) in [6, 6.07) is 4.25. The number of aromatic nitrogens is 3. The molecular formula is C16H22N4. The number of nitrogens with two attached hydrogens (primary N) is 1. The zero-order valence-corrected chi connectivity index (χ0v) is 12.6. The molecule has 2 rings (SSSR count). The van der Waals surface area contributed by atoms with Gasteiger partial charge in [-0.15, -0.1) is 0 Å². The van der Waals surface area contributed by atoms with Gasteiger partial charge in [0, 0.05) is 30.0 Å². The van der Waals surface area contributed by atoms with E-state index < -0.39 is 0 Å². The van der Waals surface area contributed by atoms with Crippen LogP contribution >= 0.6 is 0 Å². The molecule has 2 N–H and O–H groups in total. The largest absolute Gasteiger partial charge is 0.327 e. The standard InChI is InChI=1S/C16H22N4/c1-5-13(17)8-14-7-12(4)19-16(20-14)15-11(3)6-10(2)9-18-15/h6-7,9,13H,5,8,17H2,1-4H3. The molecule has 0 radical (unpaired) electrons. The second kappa shape index (κ2) is 6.09. The number of aryl methyl sites for hydroxylation is 3. The molecular weight excluding hydrogens is 248 g/mol. The number of rotatable bonds is 4. The summed E-state index contributed by atoms with van der Waals surface area (Å²) in [5, 5.41) is 0. The zero-order chi connectivity index (χ0) is 14.7. The molecule has 106 valence electrons. The van der Waals surface area contributed by atoms with Gasteiger partial charge in [-0.25, -0.2) is 9.97 Å². The fourth-order valence-corrected chi connectivity index (χ4v) is 2.21. The lowest BCUT2D eigenvalue weighted by molar-refractivity contribution is 0.635. The van der Waals surface area contributed by atoms with E-state index in [1.54, 1.807) is 0 Å². The molecule has 0 fully saturated rings. The summed E-state index contributed by atoms with van der Waals surface area (Å²) >= 11 is 0. The zero-order valence-electron chi connectivity index (χ0n) is 12.6. The maximum absolute atomic E-state index is 6.02. The Labute approximate surface area is 120 Å². The third kappa shape index (κ3) is 3.39. The summed E-state index contributed by atoms with van der Waals surface area (Å²) in [6.07, 6.45) is 3.57. The Morgan fingerprint density at radius 1 is 1.15 bits per heavy atom. The van der Waals surface area contributed by atoms with E-state index in [2.05, 4.69) is 27.9 Å². The van der Waals surface area contributed by atoms with Crippen molar-refractivity contribution in [1.29, 1.82) is 0 Å². The summed E-state index contributed by atoms with van der Waals surface area (Å²) in [6.45, 7) is 8.14. The highest BCUT2D eigenvalue weighted by Gasteiger charge is 2.11. The van der Waals surface area contributed by atoms with Crippen LogP contribution in [0.5, 0.6) is 0 Å². The topological polar surface area (TPSA) is 64.7 Å². The molecule has 0 aliphatic heterocycles. The van der Waals surface area contributed by atoms with E-state index in [1.165, 1.54) is 0 Å². The lowest BCUT2D eigenvalue weighted by Gasteiger charge is -2.11. The van der Waals surface area contributed by atoms with E-state index in [9.17, 15) is 0 Å². The van der Waals surface area contributed by atoms with Crippen molar-refractivity contribution in [2.24, 2.45) is 5.73 Å². The minimum atomic E-state index is 0.143. The minimum absolute atomic E-state index is 0.143. The predicted octanol–water partition coefficient (Wildman–Crippen LogP) is 2.74. The molecule has 0 aliphatic rings. The minimum Gasteiger partial charge on any atom is -0.327 e. The summed E-state index contributed by atoms with van der Waals surface area (Å²) in [5.74, 6) is 0.695. The first-order chi connectivity index (χ1) is 9.49. The van der Waals surface area contributed by atoms with Gasteiger partial charge >= 0.3 is 0 Å². The predicted molar refractivity (Wildman–Crippen MR) is 81.4 cm³/mol. The molecule has 0 saturated heterocycles. The third-order valence-corrected chi connectivity index (χ3v) is 3.33. The lowest BCUT2D eigenvalue weighted by atomic mass is 10.1. The van der Waals surface area contributed by atoms with Crippen LogP contribution in [0.25, 0.3) is 11.5 Å². The molecule has 4 heteroatoms. The normalized spacial score (nSPS) is 12.4. The van der Waals surface area contributed by atoms with E-state index in [0.717, 1.165) is 41.1 Å². The molecule has 2 aromatic rings. The van der Waals surface area contributed by atoms with Gasteiger partial charge in [-0.3, -0.25) is 4.98 Å². The Morgan fingerprint density at radius 3 is 2.55 bits per heavy atom. The first-order valence-electron chi connectivity index (χ1n) is 7.03. The average Bonchev–Trinajstić information content (AvgIpc) is 2.37. The quantitative estimate of drug-likeness (QED) is 0.927. The average molecular weight is 270 g/mol. The van der Waals surface area contributed by atoms with E-state index in [4.69, 9.17) is 5.73 Å². The highest BCUT2D eigenvalue weighted by atomic mass is 14.9. The molecule has 1 atom stereocenters. The Bertz CT molecular complexity index is 607. The summed E-state index contributed by atoms with van der Waals surface area (Å²) in [4.78, 5) is 13.6. The number of hydrogen-bond acceptors (Lipinski definition) is 4. The van der Waals surface area contributed by atoms with Crippen LogP contribution in [-0.2, 0) is 6.42 Å². The van der Waals surface area contributed by atoms with Gasteiger partial charge in [0.15, 0.2) is 5.82 Å². The lowest BCUT2D eigenvalue weighted by Crippen LogP contribution is -2.22. The molecule has 0 bridgehead atoms. The molecule has 0 aliphatic carbocycles. The van der Waals surface area contributed by atoms with Crippen LogP contribution in [0.3, 0.4) is 0 Å². The van der Waals surface area contributed by atoms with Gasteiger partial charge in [-0.1, -0.05) is 13.0 Å². The molecule has 2 heterocycles. The Hall–Kier alpha value is -1.81. The Morgan fingerprint density at radius 2 is 1.90 bits per heavy atom. The van der Waals surface area contributed by atoms with E-state index in [1.807, 2.05) is 33.0 Å². The Balaban J connectivity index is 2.41. The van der Waals surface area contributed by atoms with Crippen LogP contribution in [0.1, 0.15) is 35.9 Å². The maximum atomic E-state index is 6.02. The molecule has 4 nitrogen and oxygen atoms in total. The molecule has 20 heavy (non-hydrogen) atoms. The van der Waals surface area contributed by atoms with Crippen molar-refractivity contribution in [3.8, 4) is 11.5 Å². The van der Waals surface area contributed by atoms with Crippen molar-refractivity contribution >= 4 is 0 Å². The van der Waals surface area contributed by atoms with Gasteiger partial charge in [-0.2, -0.15) is 0 Å².